The second-order valence-corrected chi connectivity index (χ2v) is 11.0. The number of hydrogen-bond donors (Lipinski definition) is 3. The number of hydrogen-bond acceptors (Lipinski definition) is 7. The Morgan fingerprint density at radius 1 is 0.609 bits per heavy atom. The number of carbonyl (C=O) groups is 2. The summed E-state index contributed by atoms with van der Waals surface area (Å²) >= 11 is 0. The third-order valence-electron chi connectivity index (χ3n) is 8.33. The number of nitrogens with two attached hydrogens (primary N) is 1. The van der Waals surface area contributed by atoms with Crippen LogP contribution in [0.5, 0.6) is 0 Å². The fraction of sp³-hybridized carbons (Fsp3) is 0.167. The minimum Gasteiger partial charge on any atom is -0.412 e. The number of carbonyl (C=O) groups excluding carboxylic acids is 2. The third kappa shape index (κ3) is 5.72. The molecule has 0 unspecified atom stereocenters. The maximum absolute atomic E-state index is 12.6. The Bertz CT molecular complexity index is 1980. The van der Waals surface area contributed by atoms with Crippen LogP contribution in [-0.2, 0) is 12.8 Å². The zero-order valence-electron chi connectivity index (χ0n) is 25.2. The van der Waals surface area contributed by atoms with Crippen LogP contribution in [0.1, 0.15) is 44.8 Å². The molecule has 0 radical (unpaired) electrons. The Kier molecular flexibility index (Phi) is 9.53. The summed E-state index contributed by atoms with van der Waals surface area (Å²) in [7, 11) is 0. The normalized spacial score (nSPS) is 13.3. The highest BCUT2D eigenvalue weighted by Gasteiger charge is 2.35. The summed E-state index contributed by atoms with van der Waals surface area (Å²) in [4.78, 5) is 36.0. The average molecular weight is 617 g/mol. The van der Waals surface area contributed by atoms with Crippen molar-refractivity contribution in [2.24, 2.45) is 5.73 Å². The molecule has 3 heterocycles. The quantitative estimate of drug-likeness (QED) is 0.141. The second kappa shape index (κ2) is 13.7. The van der Waals surface area contributed by atoms with E-state index in [2.05, 4.69) is 27.8 Å². The van der Waals surface area contributed by atoms with E-state index >= 15 is 0 Å². The van der Waals surface area contributed by atoms with Gasteiger partial charge in [0.15, 0.2) is 0 Å². The van der Waals surface area contributed by atoms with E-state index in [9.17, 15) is 9.59 Å². The number of imide groups is 1. The number of rotatable bonds is 5. The van der Waals surface area contributed by atoms with Crippen molar-refractivity contribution in [3.05, 3.63) is 119 Å². The topological polar surface area (TPSA) is 176 Å². The van der Waals surface area contributed by atoms with E-state index in [-0.39, 0.29) is 29.4 Å². The van der Waals surface area contributed by atoms with Gasteiger partial charge in [-0.1, -0.05) is 66.7 Å². The van der Waals surface area contributed by atoms with Gasteiger partial charge >= 0.3 is 0 Å². The Balaban J connectivity index is 0.000000191. The van der Waals surface area contributed by atoms with Crippen LogP contribution in [0.3, 0.4) is 0 Å². The number of nitrogens with one attached hydrogen (secondary N) is 2. The molecule has 8 N–H and O–H groups in total. The van der Waals surface area contributed by atoms with Crippen LogP contribution in [0.4, 0.5) is 11.4 Å². The predicted octanol–water partition coefficient (Wildman–Crippen LogP) is 4.85. The molecule has 0 spiro atoms. The molecule has 1 aliphatic carbocycles. The van der Waals surface area contributed by atoms with Gasteiger partial charge in [-0.2, -0.15) is 0 Å². The number of nitrogens with zero attached hydrogens (tertiary/aromatic N) is 3. The Labute approximate surface area is 265 Å². The fourth-order valence-corrected chi connectivity index (χ4v) is 6.25. The van der Waals surface area contributed by atoms with Gasteiger partial charge in [0.1, 0.15) is 0 Å². The summed E-state index contributed by atoms with van der Waals surface area (Å²) in [5, 5.41) is 9.88. The minimum absolute atomic E-state index is 0. The van der Waals surface area contributed by atoms with Gasteiger partial charge in [0.2, 0.25) is 0 Å². The number of para-hydroxylation sites is 3. The Morgan fingerprint density at radius 2 is 1.09 bits per heavy atom. The molecule has 2 amide bonds. The van der Waals surface area contributed by atoms with Crippen molar-refractivity contribution < 1.29 is 20.5 Å². The van der Waals surface area contributed by atoms with Crippen LogP contribution in [-0.4, -0.2) is 51.0 Å². The highest BCUT2D eigenvalue weighted by atomic mass is 16.2. The SMILES string of the molecule is NCNc1c2ccccc2nc2ccccc12.O.O.O=C1c2ccccc2C(=O)N1CNc1c2c(nc3ccccc13)CCCC2. The van der Waals surface area contributed by atoms with Crippen molar-refractivity contribution in [1.29, 1.82) is 0 Å². The molecule has 0 saturated carbocycles. The molecule has 0 fully saturated rings. The second-order valence-electron chi connectivity index (χ2n) is 11.0. The van der Waals surface area contributed by atoms with Gasteiger partial charge in [-0.15, -0.1) is 0 Å². The zero-order valence-corrected chi connectivity index (χ0v) is 25.2. The number of amides is 2. The molecule has 234 valence electrons. The van der Waals surface area contributed by atoms with Gasteiger partial charge in [-0.05, 0) is 61.6 Å². The number of aryl methyl sites for hydroxylation is 1. The number of fused-ring (bicyclic) bond motifs is 5. The maximum atomic E-state index is 12.6. The first-order valence-corrected chi connectivity index (χ1v) is 14.9. The molecule has 10 heteroatoms. The number of pyridine rings is 2. The first-order valence-electron chi connectivity index (χ1n) is 14.9. The van der Waals surface area contributed by atoms with Crippen molar-refractivity contribution in [2.45, 2.75) is 25.7 Å². The molecule has 8 rings (SSSR count). The van der Waals surface area contributed by atoms with Crippen molar-refractivity contribution in [3.8, 4) is 0 Å². The smallest absolute Gasteiger partial charge is 0.263 e. The van der Waals surface area contributed by atoms with Crippen molar-refractivity contribution in [1.82, 2.24) is 14.9 Å². The summed E-state index contributed by atoms with van der Waals surface area (Å²) in [5.74, 6) is -0.481. The van der Waals surface area contributed by atoms with Crippen LogP contribution >= 0.6 is 0 Å². The lowest BCUT2D eigenvalue weighted by atomic mass is 9.93. The average Bonchev–Trinajstić information content (AvgIpc) is 3.31. The molecule has 1 aliphatic heterocycles. The molecule has 0 saturated heterocycles. The van der Waals surface area contributed by atoms with E-state index in [1.165, 1.54) is 10.5 Å². The van der Waals surface area contributed by atoms with Crippen LogP contribution in [0.2, 0.25) is 0 Å². The standard InChI is InChI=1S/C22H19N3O2.C14H13N3.2H2O/c26-21-14-7-1-2-8-15(14)22(27)25(21)13-23-20-16-9-3-5-11-18(16)24-19-12-6-4-10-17(19)20;15-9-16-14-10-5-1-3-7-12(10)17-13-8-4-2-6-11(13)14;;/h1-3,5,7-9,11H,4,6,10,12-13H2,(H,23,24);1-8H,9,15H2,(H,16,17);2*1H2. The van der Waals surface area contributed by atoms with E-state index in [1.54, 1.807) is 24.3 Å². The van der Waals surface area contributed by atoms with Crippen LogP contribution in [0.15, 0.2) is 97.1 Å². The first-order chi connectivity index (χ1) is 21.6. The first kappa shape index (κ1) is 32.0. The summed E-state index contributed by atoms with van der Waals surface area (Å²) in [5.41, 5.74) is 13.9. The monoisotopic (exact) mass is 616 g/mol. The van der Waals surface area contributed by atoms with Gasteiger partial charge < -0.3 is 27.3 Å². The molecule has 4 aromatic carbocycles. The summed E-state index contributed by atoms with van der Waals surface area (Å²) < 4.78 is 0. The van der Waals surface area contributed by atoms with Crippen LogP contribution in [0, 0.1) is 0 Å². The van der Waals surface area contributed by atoms with Gasteiger partial charge in [-0.3, -0.25) is 19.5 Å². The maximum Gasteiger partial charge on any atom is 0.263 e. The lowest BCUT2D eigenvalue weighted by Gasteiger charge is -2.23. The van der Waals surface area contributed by atoms with E-state index in [1.807, 2.05) is 60.7 Å². The molecule has 0 atom stereocenters. The van der Waals surface area contributed by atoms with Crippen molar-refractivity contribution in [2.75, 3.05) is 24.0 Å². The lowest BCUT2D eigenvalue weighted by Crippen LogP contribution is -2.35. The van der Waals surface area contributed by atoms with E-state index in [0.717, 1.165) is 75.5 Å². The summed E-state index contributed by atoms with van der Waals surface area (Å²) in [6.45, 7) is 0.574. The molecule has 10 nitrogen and oxygen atoms in total. The highest BCUT2D eigenvalue weighted by Crippen LogP contribution is 2.34. The Morgan fingerprint density at radius 3 is 1.65 bits per heavy atom. The van der Waals surface area contributed by atoms with Gasteiger partial charge in [0, 0.05) is 27.5 Å². The van der Waals surface area contributed by atoms with Crippen molar-refractivity contribution >= 4 is 55.9 Å². The van der Waals surface area contributed by atoms with Crippen molar-refractivity contribution in [3.63, 3.8) is 0 Å². The van der Waals surface area contributed by atoms with Gasteiger partial charge in [0.05, 0.1) is 46.7 Å². The molecule has 2 aliphatic rings. The number of aromatic nitrogens is 2. The summed E-state index contributed by atoms with van der Waals surface area (Å²) in [6, 6.07) is 31.2. The minimum atomic E-state index is -0.240. The molecule has 46 heavy (non-hydrogen) atoms. The van der Waals surface area contributed by atoms with E-state index in [0.29, 0.717) is 17.8 Å². The molecular weight excluding hydrogens is 580 g/mol. The van der Waals surface area contributed by atoms with Gasteiger partial charge in [-0.25, -0.2) is 4.98 Å². The number of anilines is 2. The van der Waals surface area contributed by atoms with E-state index in [4.69, 9.17) is 10.7 Å². The fourth-order valence-electron chi connectivity index (χ4n) is 6.25. The Hall–Kier alpha value is -5.42. The molecule has 2 aromatic heterocycles. The third-order valence-corrected chi connectivity index (χ3v) is 8.33. The number of benzene rings is 4. The zero-order chi connectivity index (χ0) is 30.0. The largest absolute Gasteiger partial charge is 0.412 e. The van der Waals surface area contributed by atoms with Gasteiger partial charge in [0.25, 0.3) is 11.8 Å². The van der Waals surface area contributed by atoms with E-state index < -0.39 is 0 Å². The highest BCUT2D eigenvalue weighted by molar-refractivity contribution is 6.21. The van der Waals surface area contributed by atoms with Crippen LogP contribution in [0.25, 0.3) is 32.7 Å². The molecule has 0 bridgehead atoms. The summed E-state index contributed by atoms with van der Waals surface area (Å²) in [6.07, 6.45) is 4.23. The molecule has 6 aromatic rings. The molecular formula is C36H36N6O4. The van der Waals surface area contributed by atoms with Crippen LogP contribution < -0.4 is 16.4 Å². The lowest BCUT2D eigenvalue weighted by molar-refractivity contribution is 0.0665. The predicted molar refractivity (Wildman–Crippen MR) is 183 cm³/mol.